The van der Waals surface area contributed by atoms with E-state index in [1.54, 1.807) is 6.08 Å². The zero-order valence-corrected chi connectivity index (χ0v) is 14.1. The average molecular weight is 347 g/mol. The van der Waals surface area contributed by atoms with Gasteiger partial charge in [0.15, 0.2) is 10.8 Å². The fourth-order valence-corrected chi connectivity index (χ4v) is 2.88. The number of anilines is 1. The van der Waals surface area contributed by atoms with E-state index in [4.69, 9.17) is 9.47 Å². The van der Waals surface area contributed by atoms with Crippen molar-refractivity contribution in [1.29, 1.82) is 0 Å². The number of carbonyl (C=O) groups excluding carboxylic acids is 1. The number of nitrogens with zero attached hydrogens (tertiary/aromatic N) is 3. The van der Waals surface area contributed by atoms with Gasteiger partial charge >= 0.3 is 5.97 Å². The summed E-state index contributed by atoms with van der Waals surface area (Å²) in [4.78, 5) is 23.0. The van der Waals surface area contributed by atoms with Crippen molar-refractivity contribution < 1.29 is 18.7 Å². The van der Waals surface area contributed by atoms with Crippen LogP contribution in [0, 0.1) is 5.82 Å². The molecule has 8 heteroatoms. The Kier molecular flexibility index (Phi) is 4.30. The summed E-state index contributed by atoms with van der Waals surface area (Å²) in [5.74, 6) is -0.391. The summed E-state index contributed by atoms with van der Waals surface area (Å²) in [6.45, 7) is 0. The molecular weight excluding hydrogens is 333 g/mol. The van der Waals surface area contributed by atoms with Crippen molar-refractivity contribution >= 4 is 34.4 Å². The number of methoxy groups -OCH3 is 1. The van der Waals surface area contributed by atoms with Crippen LogP contribution >= 0.6 is 11.3 Å². The molecule has 0 bridgehead atoms. The number of rotatable bonds is 4. The monoisotopic (exact) mass is 347 g/mol. The number of aliphatic imine (C=N–C) groups is 1. The highest BCUT2D eigenvalue weighted by Crippen LogP contribution is 2.33. The van der Waals surface area contributed by atoms with Crippen molar-refractivity contribution in [2.24, 2.45) is 4.99 Å². The maximum atomic E-state index is 13.0. The van der Waals surface area contributed by atoms with Crippen LogP contribution in [-0.4, -0.2) is 38.1 Å². The van der Waals surface area contributed by atoms with Crippen molar-refractivity contribution in [3.8, 4) is 5.88 Å². The number of cyclic esters (lactones) is 1. The van der Waals surface area contributed by atoms with Crippen LogP contribution in [0.25, 0.3) is 6.08 Å². The van der Waals surface area contributed by atoms with E-state index in [-0.39, 0.29) is 17.4 Å². The number of thiazole rings is 1. The fourth-order valence-electron chi connectivity index (χ4n) is 1.98. The van der Waals surface area contributed by atoms with Gasteiger partial charge in [-0.1, -0.05) is 11.3 Å². The summed E-state index contributed by atoms with van der Waals surface area (Å²) < 4.78 is 23.4. The second-order valence-corrected chi connectivity index (χ2v) is 6.12. The van der Waals surface area contributed by atoms with Gasteiger partial charge in [-0.25, -0.2) is 14.2 Å². The Morgan fingerprint density at radius 3 is 2.62 bits per heavy atom. The van der Waals surface area contributed by atoms with Crippen LogP contribution in [0.15, 0.2) is 35.0 Å². The smallest absolute Gasteiger partial charge is 0.363 e. The van der Waals surface area contributed by atoms with Gasteiger partial charge in [0.05, 0.1) is 12.0 Å². The predicted molar refractivity (Wildman–Crippen MR) is 90.0 cm³/mol. The standard InChI is InChI=1S/C16H14FN3O3S/c1-20(2)16-19-14(22-3)12(24-16)8-11-15(21)23-13(18-11)9-4-6-10(17)7-5-9/h4-8H,1-3H3/b11-8-. The van der Waals surface area contributed by atoms with Gasteiger partial charge in [-0.2, -0.15) is 4.98 Å². The third kappa shape index (κ3) is 3.13. The largest absolute Gasteiger partial charge is 0.480 e. The van der Waals surface area contributed by atoms with Crippen LogP contribution in [0.1, 0.15) is 10.4 Å². The Balaban J connectivity index is 1.95. The first-order chi connectivity index (χ1) is 11.5. The number of benzene rings is 1. The summed E-state index contributed by atoms with van der Waals surface area (Å²) >= 11 is 1.37. The SMILES string of the molecule is COc1nc(N(C)C)sc1/C=C1\N=C(c2ccc(F)cc2)OC1=O. The highest BCUT2D eigenvalue weighted by molar-refractivity contribution is 7.16. The van der Waals surface area contributed by atoms with E-state index in [1.165, 1.54) is 42.7 Å². The number of aromatic nitrogens is 1. The lowest BCUT2D eigenvalue weighted by molar-refractivity contribution is -0.129. The number of hydrogen-bond donors (Lipinski definition) is 0. The second kappa shape index (κ2) is 6.40. The van der Waals surface area contributed by atoms with Crippen molar-refractivity contribution in [3.63, 3.8) is 0 Å². The molecule has 0 amide bonds. The molecule has 0 radical (unpaired) electrons. The van der Waals surface area contributed by atoms with Crippen LogP contribution in [0.2, 0.25) is 0 Å². The molecule has 0 spiro atoms. The summed E-state index contributed by atoms with van der Waals surface area (Å²) in [5.41, 5.74) is 0.667. The number of carbonyl (C=O) groups is 1. The molecule has 1 aliphatic rings. The Morgan fingerprint density at radius 2 is 2.00 bits per heavy atom. The average Bonchev–Trinajstić information content (AvgIpc) is 3.13. The van der Waals surface area contributed by atoms with Gasteiger partial charge in [0.1, 0.15) is 5.82 Å². The Hall–Kier alpha value is -2.74. The lowest BCUT2D eigenvalue weighted by Crippen LogP contribution is -2.07. The molecular formula is C16H14FN3O3S. The highest BCUT2D eigenvalue weighted by Gasteiger charge is 2.25. The lowest BCUT2D eigenvalue weighted by Gasteiger charge is -2.04. The van der Waals surface area contributed by atoms with Gasteiger partial charge in [0, 0.05) is 19.7 Å². The van der Waals surface area contributed by atoms with Crippen molar-refractivity contribution in [2.75, 3.05) is 26.1 Å². The first kappa shape index (κ1) is 16.1. The third-order valence-electron chi connectivity index (χ3n) is 3.16. The summed E-state index contributed by atoms with van der Waals surface area (Å²) in [5, 5.41) is 0.743. The molecule has 24 heavy (non-hydrogen) atoms. The summed E-state index contributed by atoms with van der Waals surface area (Å²) in [6.07, 6.45) is 1.57. The molecule has 0 fully saturated rings. The number of hydrogen-bond acceptors (Lipinski definition) is 7. The minimum atomic E-state index is -0.573. The summed E-state index contributed by atoms with van der Waals surface area (Å²) in [7, 11) is 5.24. The molecule has 0 aliphatic carbocycles. The summed E-state index contributed by atoms with van der Waals surface area (Å²) in [6, 6.07) is 5.57. The molecule has 0 unspecified atom stereocenters. The molecule has 124 valence electrons. The third-order valence-corrected chi connectivity index (χ3v) is 4.32. The minimum Gasteiger partial charge on any atom is -0.480 e. The molecule has 2 aromatic rings. The quantitative estimate of drug-likeness (QED) is 0.628. The first-order valence-corrected chi connectivity index (χ1v) is 7.80. The van der Waals surface area contributed by atoms with Gasteiger partial charge in [-0.05, 0) is 30.3 Å². The van der Waals surface area contributed by atoms with Gasteiger partial charge in [-0.15, -0.1) is 0 Å². The molecule has 2 heterocycles. The normalized spacial score (nSPS) is 15.4. The van der Waals surface area contributed by atoms with Gasteiger partial charge in [0.25, 0.3) is 0 Å². The second-order valence-electron chi connectivity index (χ2n) is 5.11. The molecule has 6 nitrogen and oxygen atoms in total. The van der Waals surface area contributed by atoms with E-state index in [9.17, 15) is 9.18 Å². The molecule has 0 N–H and O–H groups in total. The van der Waals surface area contributed by atoms with Crippen LogP contribution in [-0.2, 0) is 9.53 Å². The van der Waals surface area contributed by atoms with Crippen LogP contribution in [0.4, 0.5) is 9.52 Å². The van der Waals surface area contributed by atoms with Gasteiger partial charge in [-0.3, -0.25) is 0 Å². The Morgan fingerprint density at radius 1 is 1.29 bits per heavy atom. The maximum Gasteiger partial charge on any atom is 0.363 e. The maximum absolute atomic E-state index is 13.0. The van der Waals surface area contributed by atoms with Crippen molar-refractivity contribution in [2.45, 2.75) is 0 Å². The lowest BCUT2D eigenvalue weighted by atomic mass is 10.2. The number of ether oxygens (including phenoxy) is 2. The molecule has 0 atom stereocenters. The topological polar surface area (TPSA) is 64.0 Å². The molecule has 0 saturated carbocycles. The zero-order valence-electron chi connectivity index (χ0n) is 13.2. The van der Waals surface area contributed by atoms with E-state index < -0.39 is 5.97 Å². The van der Waals surface area contributed by atoms with Crippen LogP contribution in [0.3, 0.4) is 0 Å². The Bertz CT molecular complexity index is 841. The zero-order chi connectivity index (χ0) is 17.3. The van der Waals surface area contributed by atoms with Gasteiger partial charge in [0.2, 0.25) is 11.8 Å². The van der Waals surface area contributed by atoms with Crippen molar-refractivity contribution in [1.82, 2.24) is 4.98 Å². The van der Waals surface area contributed by atoms with E-state index in [0.29, 0.717) is 16.3 Å². The predicted octanol–water partition coefficient (Wildman–Crippen LogP) is 2.70. The molecule has 1 aromatic carbocycles. The van der Waals surface area contributed by atoms with E-state index in [0.717, 1.165) is 5.13 Å². The van der Waals surface area contributed by atoms with Crippen LogP contribution < -0.4 is 9.64 Å². The number of esters is 1. The van der Waals surface area contributed by atoms with Crippen molar-refractivity contribution in [3.05, 3.63) is 46.2 Å². The van der Waals surface area contributed by atoms with E-state index in [1.807, 2.05) is 19.0 Å². The van der Waals surface area contributed by atoms with Gasteiger partial charge < -0.3 is 14.4 Å². The Labute approximate surface area is 141 Å². The highest BCUT2D eigenvalue weighted by atomic mass is 32.1. The number of halogens is 1. The molecule has 0 saturated heterocycles. The van der Waals surface area contributed by atoms with Crippen LogP contribution in [0.5, 0.6) is 5.88 Å². The van der Waals surface area contributed by atoms with E-state index >= 15 is 0 Å². The van der Waals surface area contributed by atoms with E-state index in [2.05, 4.69) is 9.98 Å². The molecule has 1 aromatic heterocycles. The minimum absolute atomic E-state index is 0.140. The molecule has 1 aliphatic heterocycles. The first-order valence-electron chi connectivity index (χ1n) is 6.98. The molecule has 3 rings (SSSR count). The fraction of sp³-hybridized carbons (Fsp3) is 0.188.